The van der Waals surface area contributed by atoms with Gasteiger partial charge in [-0.1, -0.05) is 35.5 Å². The van der Waals surface area contributed by atoms with E-state index in [0.717, 1.165) is 27.9 Å². The Morgan fingerprint density at radius 1 is 0.759 bits per heavy atom. The normalized spacial score (nSPS) is 10.6. The highest BCUT2D eigenvalue weighted by molar-refractivity contribution is 5.82. The molecular weight excluding hydrogens is 368 g/mol. The van der Waals surface area contributed by atoms with Gasteiger partial charge in [-0.05, 0) is 29.8 Å². The average molecular weight is 388 g/mol. The summed E-state index contributed by atoms with van der Waals surface area (Å²) in [5.74, 6) is 1.64. The van der Waals surface area contributed by atoms with Gasteiger partial charge in [0.1, 0.15) is 12.0 Å². The maximum atomic E-state index is 5.46. The summed E-state index contributed by atoms with van der Waals surface area (Å²) in [5, 5.41) is 4.21. The van der Waals surface area contributed by atoms with Crippen molar-refractivity contribution in [1.82, 2.24) is 10.1 Å². The van der Waals surface area contributed by atoms with Gasteiger partial charge in [0.15, 0.2) is 11.5 Å². The molecular formula is C23H20N2O4. The molecule has 0 aliphatic carbocycles. The average Bonchev–Trinajstić information content (AvgIpc) is 3.28. The minimum atomic E-state index is 0.531. The summed E-state index contributed by atoms with van der Waals surface area (Å²) in [6.45, 7) is 0. The third kappa shape index (κ3) is 3.52. The standard InChI is InChI=1S/C23H20N2O4/c1-26-20-12-17(13-21(27-2)23(20)28-3)22-18(14-29-25-22)15-7-9-16(10-8-15)19-6-4-5-11-24-19/h4-14H,1-3H3. The van der Waals surface area contributed by atoms with E-state index < -0.39 is 0 Å². The van der Waals surface area contributed by atoms with Crippen LogP contribution in [0.1, 0.15) is 0 Å². The number of ether oxygens (including phenoxy) is 3. The van der Waals surface area contributed by atoms with E-state index in [0.29, 0.717) is 22.9 Å². The van der Waals surface area contributed by atoms with E-state index in [-0.39, 0.29) is 0 Å². The summed E-state index contributed by atoms with van der Waals surface area (Å²) in [7, 11) is 4.74. The molecule has 2 heterocycles. The number of nitrogens with zero attached hydrogens (tertiary/aromatic N) is 2. The van der Waals surface area contributed by atoms with Crippen molar-refractivity contribution in [2.24, 2.45) is 0 Å². The molecule has 0 amide bonds. The van der Waals surface area contributed by atoms with Gasteiger partial charge in [-0.2, -0.15) is 0 Å². The molecule has 0 radical (unpaired) electrons. The monoisotopic (exact) mass is 388 g/mol. The number of pyridine rings is 1. The van der Waals surface area contributed by atoms with E-state index in [1.165, 1.54) is 0 Å². The SMILES string of the molecule is COc1cc(-c2nocc2-c2ccc(-c3ccccn3)cc2)cc(OC)c1OC. The van der Waals surface area contributed by atoms with Crippen molar-refractivity contribution in [2.45, 2.75) is 0 Å². The summed E-state index contributed by atoms with van der Waals surface area (Å²) in [4.78, 5) is 4.39. The number of hydrogen-bond acceptors (Lipinski definition) is 6. The van der Waals surface area contributed by atoms with E-state index in [4.69, 9.17) is 18.7 Å². The van der Waals surface area contributed by atoms with Crippen LogP contribution in [-0.4, -0.2) is 31.5 Å². The topological polar surface area (TPSA) is 66.6 Å². The van der Waals surface area contributed by atoms with Gasteiger partial charge in [-0.15, -0.1) is 0 Å². The number of aromatic nitrogens is 2. The highest BCUT2D eigenvalue weighted by atomic mass is 16.5. The molecule has 0 saturated heterocycles. The zero-order valence-corrected chi connectivity index (χ0v) is 16.4. The van der Waals surface area contributed by atoms with E-state index >= 15 is 0 Å². The van der Waals surface area contributed by atoms with Gasteiger partial charge in [0.2, 0.25) is 5.75 Å². The Morgan fingerprint density at radius 2 is 1.45 bits per heavy atom. The van der Waals surface area contributed by atoms with Crippen molar-refractivity contribution in [1.29, 1.82) is 0 Å². The molecule has 0 spiro atoms. The second kappa shape index (κ2) is 8.06. The minimum Gasteiger partial charge on any atom is -0.493 e. The molecule has 2 aromatic carbocycles. The van der Waals surface area contributed by atoms with Crippen molar-refractivity contribution in [3.63, 3.8) is 0 Å². The first-order valence-electron chi connectivity index (χ1n) is 9.01. The van der Waals surface area contributed by atoms with Crippen molar-refractivity contribution in [2.75, 3.05) is 21.3 Å². The molecule has 2 aromatic heterocycles. The number of methoxy groups -OCH3 is 3. The summed E-state index contributed by atoms with van der Waals surface area (Å²) in [6, 6.07) is 17.7. The van der Waals surface area contributed by atoms with Gasteiger partial charge >= 0.3 is 0 Å². The van der Waals surface area contributed by atoms with Crippen LogP contribution in [0.25, 0.3) is 33.6 Å². The van der Waals surface area contributed by atoms with E-state index in [1.807, 2.05) is 54.6 Å². The Hall–Kier alpha value is -3.80. The van der Waals surface area contributed by atoms with Crippen molar-refractivity contribution >= 4 is 0 Å². The van der Waals surface area contributed by atoms with E-state index in [1.54, 1.807) is 33.8 Å². The highest BCUT2D eigenvalue weighted by Crippen LogP contribution is 2.43. The van der Waals surface area contributed by atoms with Gasteiger partial charge in [-0.3, -0.25) is 4.98 Å². The highest BCUT2D eigenvalue weighted by Gasteiger charge is 2.19. The quantitative estimate of drug-likeness (QED) is 0.458. The molecule has 0 unspecified atom stereocenters. The molecule has 0 saturated carbocycles. The first-order valence-corrected chi connectivity index (χ1v) is 9.01. The Morgan fingerprint density at radius 3 is 2.03 bits per heavy atom. The lowest BCUT2D eigenvalue weighted by Gasteiger charge is -2.13. The summed E-state index contributed by atoms with van der Waals surface area (Å²) in [6.07, 6.45) is 3.42. The maximum Gasteiger partial charge on any atom is 0.203 e. The molecule has 6 heteroatoms. The lowest BCUT2D eigenvalue weighted by Crippen LogP contribution is -1.96. The van der Waals surface area contributed by atoms with Crippen LogP contribution < -0.4 is 14.2 Å². The van der Waals surface area contributed by atoms with Crippen molar-refractivity contribution in [3.05, 3.63) is 67.1 Å². The summed E-state index contributed by atoms with van der Waals surface area (Å²) >= 11 is 0. The smallest absolute Gasteiger partial charge is 0.203 e. The van der Waals surface area contributed by atoms with E-state index in [9.17, 15) is 0 Å². The van der Waals surface area contributed by atoms with Gasteiger partial charge in [0, 0.05) is 22.9 Å². The van der Waals surface area contributed by atoms with Crippen LogP contribution in [-0.2, 0) is 0 Å². The second-order valence-electron chi connectivity index (χ2n) is 6.28. The molecule has 29 heavy (non-hydrogen) atoms. The van der Waals surface area contributed by atoms with Crippen molar-refractivity contribution < 1.29 is 18.7 Å². The first-order chi connectivity index (χ1) is 14.2. The van der Waals surface area contributed by atoms with Crippen molar-refractivity contribution in [3.8, 4) is 50.9 Å². The molecule has 146 valence electrons. The summed E-state index contributed by atoms with van der Waals surface area (Å²) < 4.78 is 21.6. The number of rotatable bonds is 6. The van der Waals surface area contributed by atoms with Gasteiger partial charge in [0.05, 0.1) is 27.0 Å². The van der Waals surface area contributed by atoms with Crippen LogP contribution in [0.2, 0.25) is 0 Å². The predicted molar refractivity (Wildman–Crippen MR) is 110 cm³/mol. The molecule has 0 bridgehead atoms. The molecule has 0 aliphatic rings. The Kier molecular flexibility index (Phi) is 5.16. The van der Waals surface area contributed by atoms with Crippen LogP contribution in [0, 0.1) is 0 Å². The third-order valence-electron chi connectivity index (χ3n) is 4.66. The lowest BCUT2D eigenvalue weighted by molar-refractivity contribution is 0.324. The van der Waals surface area contributed by atoms with Crippen LogP contribution in [0.4, 0.5) is 0 Å². The van der Waals surface area contributed by atoms with Gasteiger partial charge in [0.25, 0.3) is 0 Å². The fourth-order valence-corrected chi connectivity index (χ4v) is 3.22. The largest absolute Gasteiger partial charge is 0.493 e. The summed E-state index contributed by atoms with van der Waals surface area (Å²) in [5.41, 5.74) is 5.31. The Balaban J connectivity index is 1.74. The molecule has 0 N–H and O–H groups in total. The minimum absolute atomic E-state index is 0.531. The fraction of sp³-hybridized carbons (Fsp3) is 0.130. The number of benzene rings is 2. The lowest BCUT2D eigenvalue weighted by atomic mass is 9.99. The van der Waals surface area contributed by atoms with Crippen LogP contribution in [0.15, 0.2) is 71.6 Å². The first kappa shape index (κ1) is 18.6. The molecule has 0 aliphatic heterocycles. The molecule has 4 rings (SSSR count). The van der Waals surface area contributed by atoms with Gasteiger partial charge in [-0.25, -0.2) is 0 Å². The number of hydrogen-bond donors (Lipinski definition) is 0. The predicted octanol–water partition coefficient (Wildman–Crippen LogP) is 5.10. The van der Waals surface area contributed by atoms with Gasteiger partial charge < -0.3 is 18.7 Å². The van der Waals surface area contributed by atoms with E-state index in [2.05, 4.69) is 10.1 Å². The Labute approximate surface area is 168 Å². The van der Waals surface area contributed by atoms with Crippen LogP contribution in [0.5, 0.6) is 17.2 Å². The second-order valence-corrected chi connectivity index (χ2v) is 6.28. The van der Waals surface area contributed by atoms with Crippen LogP contribution in [0.3, 0.4) is 0 Å². The molecule has 4 aromatic rings. The molecule has 0 fully saturated rings. The zero-order chi connectivity index (χ0) is 20.2. The fourth-order valence-electron chi connectivity index (χ4n) is 3.22. The third-order valence-corrected chi connectivity index (χ3v) is 4.66. The Bertz CT molecular complexity index is 1080. The molecule has 0 atom stereocenters. The maximum absolute atomic E-state index is 5.46. The van der Waals surface area contributed by atoms with Crippen LogP contribution >= 0.6 is 0 Å². The molecule has 6 nitrogen and oxygen atoms in total. The zero-order valence-electron chi connectivity index (χ0n) is 16.4.